The Kier molecular flexibility index (Phi) is 2.95. The zero-order valence-electron chi connectivity index (χ0n) is 9.93. The predicted octanol–water partition coefficient (Wildman–Crippen LogP) is 1.73. The summed E-state index contributed by atoms with van der Waals surface area (Å²) in [4.78, 5) is 11.9. The quantitative estimate of drug-likeness (QED) is 0.757. The number of hydrogen-bond acceptors (Lipinski definition) is 5. The summed E-state index contributed by atoms with van der Waals surface area (Å²) < 4.78 is 11.8. The van der Waals surface area contributed by atoms with Crippen molar-refractivity contribution < 1.29 is 14.1 Å². The molecule has 0 N–H and O–H groups in total. The summed E-state index contributed by atoms with van der Waals surface area (Å²) in [7, 11) is 0. The first kappa shape index (κ1) is 11.4. The van der Waals surface area contributed by atoms with Crippen LogP contribution in [0.15, 0.2) is 16.9 Å². The molecule has 0 aliphatic rings. The Labute approximate surface area is 98.2 Å². The summed E-state index contributed by atoms with van der Waals surface area (Å²) in [5, 5.41) is 7.72. The van der Waals surface area contributed by atoms with Gasteiger partial charge in [-0.15, -0.1) is 0 Å². The zero-order chi connectivity index (χ0) is 12.4. The highest BCUT2D eigenvalue weighted by atomic mass is 16.5. The van der Waals surface area contributed by atoms with E-state index in [-0.39, 0.29) is 0 Å². The first-order valence-electron chi connectivity index (χ1n) is 5.29. The highest BCUT2D eigenvalue weighted by Crippen LogP contribution is 2.16. The molecule has 6 nitrogen and oxygen atoms in total. The van der Waals surface area contributed by atoms with Crippen molar-refractivity contribution in [2.75, 3.05) is 0 Å². The van der Waals surface area contributed by atoms with Crippen LogP contribution < -0.4 is 4.74 Å². The lowest BCUT2D eigenvalue weighted by molar-refractivity contribution is 0.0732. The smallest absolute Gasteiger partial charge is 0.349 e. The molecule has 0 atom stereocenters. The van der Waals surface area contributed by atoms with Crippen molar-refractivity contribution in [3.63, 3.8) is 0 Å². The molecule has 0 saturated heterocycles. The van der Waals surface area contributed by atoms with Gasteiger partial charge in [0.05, 0.1) is 18.1 Å². The third-order valence-electron chi connectivity index (χ3n) is 2.38. The van der Waals surface area contributed by atoms with Gasteiger partial charge >= 0.3 is 5.97 Å². The molecule has 0 amide bonds. The zero-order valence-corrected chi connectivity index (χ0v) is 9.93. The lowest BCUT2D eigenvalue weighted by Gasteiger charge is -1.99. The van der Waals surface area contributed by atoms with Crippen molar-refractivity contribution in [2.45, 2.75) is 27.3 Å². The standard InChI is InChI=1S/C11H13N3O3/c1-4-14-6-9(5-12-14)16-11(15)10-7(2)13-17-8(10)3/h5-6H,4H2,1-3H3. The number of ether oxygens (including phenoxy) is 1. The Morgan fingerprint density at radius 3 is 2.82 bits per heavy atom. The maximum Gasteiger partial charge on any atom is 0.349 e. The van der Waals surface area contributed by atoms with Gasteiger partial charge in [0.1, 0.15) is 11.3 Å². The van der Waals surface area contributed by atoms with Crippen LogP contribution in [0.1, 0.15) is 28.7 Å². The van der Waals surface area contributed by atoms with E-state index in [9.17, 15) is 4.79 Å². The monoisotopic (exact) mass is 235 g/mol. The Morgan fingerprint density at radius 2 is 2.29 bits per heavy atom. The number of aryl methyl sites for hydroxylation is 3. The second-order valence-electron chi connectivity index (χ2n) is 3.62. The highest BCUT2D eigenvalue weighted by Gasteiger charge is 2.20. The molecular weight excluding hydrogens is 222 g/mol. The fourth-order valence-corrected chi connectivity index (χ4v) is 1.50. The lowest BCUT2D eigenvalue weighted by Crippen LogP contribution is -2.10. The van der Waals surface area contributed by atoms with Crippen LogP contribution in [0.25, 0.3) is 0 Å². The Morgan fingerprint density at radius 1 is 1.53 bits per heavy atom. The Balaban J connectivity index is 2.17. The molecule has 2 heterocycles. The van der Waals surface area contributed by atoms with E-state index >= 15 is 0 Å². The van der Waals surface area contributed by atoms with Gasteiger partial charge in [-0.2, -0.15) is 5.10 Å². The van der Waals surface area contributed by atoms with Crippen molar-refractivity contribution in [1.82, 2.24) is 14.9 Å². The molecule has 0 aliphatic heterocycles. The minimum Gasteiger partial charge on any atom is -0.419 e. The number of carbonyl (C=O) groups is 1. The first-order chi connectivity index (χ1) is 8.11. The fourth-order valence-electron chi connectivity index (χ4n) is 1.50. The van der Waals surface area contributed by atoms with Crippen LogP contribution >= 0.6 is 0 Å². The maximum absolute atomic E-state index is 11.9. The molecule has 2 aromatic heterocycles. The van der Waals surface area contributed by atoms with E-state index in [2.05, 4.69) is 10.3 Å². The summed E-state index contributed by atoms with van der Waals surface area (Å²) >= 11 is 0. The Hall–Kier alpha value is -2.11. The largest absolute Gasteiger partial charge is 0.419 e. The maximum atomic E-state index is 11.9. The van der Waals surface area contributed by atoms with Gasteiger partial charge in [0, 0.05) is 6.54 Å². The average Bonchev–Trinajstić information content (AvgIpc) is 2.86. The van der Waals surface area contributed by atoms with Crippen LogP contribution in [0.3, 0.4) is 0 Å². The topological polar surface area (TPSA) is 70.2 Å². The van der Waals surface area contributed by atoms with E-state index in [4.69, 9.17) is 9.26 Å². The van der Waals surface area contributed by atoms with Crippen LogP contribution in [0.5, 0.6) is 5.75 Å². The molecule has 0 aromatic carbocycles. The molecule has 0 saturated carbocycles. The van der Waals surface area contributed by atoms with E-state index in [1.807, 2.05) is 6.92 Å². The second kappa shape index (κ2) is 4.40. The minimum atomic E-state index is -0.475. The minimum absolute atomic E-state index is 0.370. The molecule has 0 aliphatic carbocycles. The molecule has 0 radical (unpaired) electrons. The molecule has 0 spiro atoms. The van der Waals surface area contributed by atoms with E-state index in [0.29, 0.717) is 22.8 Å². The predicted molar refractivity (Wildman–Crippen MR) is 58.8 cm³/mol. The van der Waals surface area contributed by atoms with Gasteiger partial charge in [-0.1, -0.05) is 5.16 Å². The lowest BCUT2D eigenvalue weighted by atomic mass is 10.2. The molecular formula is C11H13N3O3. The normalized spacial score (nSPS) is 10.5. The van der Waals surface area contributed by atoms with E-state index in [0.717, 1.165) is 6.54 Å². The van der Waals surface area contributed by atoms with Gasteiger partial charge in [0.2, 0.25) is 0 Å². The summed E-state index contributed by atoms with van der Waals surface area (Å²) in [6, 6.07) is 0. The van der Waals surface area contributed by atoms with Crippen LogP contribution in [0.4, 0.5) is 0 Å². The van der Waals surface area contributed by atoms with Crippen molar-refractivity contribution in [1.29, 1.82) is 0 Å². The fraction of sp³-hybridized carbons (Fsp3) is 0.364. The first-order valence-corrected chi connectivity index (χ1v) is 5.29. The molecule has 0 bridgehead atoms. The van der Waals surface area contributed by atoms with Gasteiger partial charge in [-0.05, 0) is 20.8 Å². The summed E-state index contributed by atoms with van der Waals surface area (Å²) in [5.41, 5.74) is 0.893. The highest BCUT2D eigenvalue weighted by molar-refractivity contribution is 5.92. The summed E-state index contributed by atoms with van der Waals surface area (Å²) in [5.74, 6) is 0.393. The van der Waals surface area contributed by atoms with Gasteiger partial charge in [0.25, 0.3) is 0 Å². The molecule has 2 aromatic rings. The van der Waals surface area contributed by atoms with Gasteiger partial charge in [-0.3, -0.25) is 4.68 Å². The van der Waals surface area contributed by atoms with Crippen molar-refractivity contribution in [3.8, 4) is 5.75 Å². The number of aromatic nitrogens is 3. The van der Waals surface area contributed by atoms with E-state index in [1.54, 1.807) is 24.7 Å². The number of esters is 1. The van der Waals surface area contributed by atoms with Crippen molar-refractivity contribution in [2.24, 2.45) is 0 Å². The van der Waals surface area contributed by atoms with Gasteiger partial charge in [-0.25, -0.2) is 4.79 Å². The van der Waals surface area contributed by atoms with Crippen LogP contribution in [-0.4, -0.2) is 20.9 Å². The molecule has 2 rings (SSSR count). The molecule has 0 fully saturated rings. The van der Waals surface area contributed by atoms with E-state index < -0.39 is 5.97 Å². The SMILES string of the molecule is CCn1cc(OC(=O)c2c(C)noc2C)cn1. The van der Waals surface area contributed by atoms with Crippen LogP contribution in [0.2, 0.25) is 0 Å². The third kappa shape index (κ3) is 2.20. The second-order valence-corrected chi connectivity index (χ2v) is 3.62. The van der Waals surface area contributed by atoms with Crippen LogP contribution in [-0.2, 0) is 6.54 Å². The number of nitrogens with zero attached hydrogens (tertiary/aromatic N) is 3. The molecule has 6 heteroatoms. The summed E-state index contributed by atoms with van der Waals surface area (Å²) in [6.45, 7) is 6.05. The summed E-state index contributed by atoms with van der Waals surface area (Å²) in [6.07, 6.45) is 3.16. The van der Waals surface area contributed by atoms with Gasteiger partial charge < -0.3 is 9.26 Å². The van der Waals surface area contributed by atoms with E-state index in [1.165, 1.54) is 6.20 Å². The Bertz CT molecular complexity index is 522. The number of hydrogen-bond donors (Lipinski definition) is 0. The number of carbonyl (C=O) groups excluding carboxylic acids is 1. The molecule has 90 valence electrons. The molecule has 0 unspecified atom stereocenters. The number of rotatable bonds is 3. The molecule has 17 heavy (non-hydrogen) atoms. The van der Waals surface area contributed by atoms with Crippen molar-refractivity contribution in [3.05, 3.63) is 29.4 Å². The van der Waals surface area contributed by atoms with Crippen molar-refractivity contribution >= 4 is 5.97 Å². The third-order valence-corrected chi connectivity index (χ3v) is 2.38. The van der Waals surface area contributed by atoms with Crippen LogP contribution in [0, 0.1) is 13.8 Å². The van der Waals surface area contributed by atoms with Gasteiger partial charge in [0.15, 0.2) is 5.75 Å². The average molecular weight is 235 g/mol.